The van der Waals surface area contributed by atoms with Gasteiger partial charge in [0.25, 0.3) is 11.8 Å². The van der Waals surface area contributed by atoms with E-state index in [9.17, 15) is 19.6 Å². The maximum Gasteiger partial charge on any atom is 0.261 e. The molecule has 2 unspecified atom stereocenters. The van der Waals surface area contributed by atoms with Gasteiger partial charge in [0, 0.05) is 24.8 Å². The Labute approximate surface area is 201 Å². The first-order valence-corrected chi connectivity index (χ1v) is 11.2. The maximum absolute atomic E-state index is 12.8. The van der Waals surface area contributed by atoms with Crippen molar-refractivity contribution in [3.8, 4) is 24.0 Å². The average Bonchev–Trinajstić information content (AvgIpc) is 3.15. The number of carbonyl (C=O) groups excluding carboxylic acids is 3. The molecule has 3 N–H and O–H groups in total. The number of carbonyl (C=O) groups is 3. The molecule has 1 saturated heterocycles. The minimum atomic E-state index is -1.11. The highest BCUT2D eigenvalue weighted by Crippen LogP contribution is 2.38. The summed E-state index contributed by atoms with van der Waals surface area (Å²) in [5.74, 6) is -1.93. The number of amides is 3. The third kappa shape index (κ3) is 7.16. The Hall–Kier alpha value is -4.21. The monoisotopic (exact) mass is 481 g/mol. The lowest BCUT2D eigenvalue weighted by atomic mass is 10.1. The highest BCUT2D eigenvalue weighted by molar-refractivity contribution is 8.05. The van der Waals surface area contributed by atoms with Crippen LogP contribution in [0.5, 0.6) is 5.75 Å². The van der Waals surface area contributed by atoms with Gasteiger partial charge >= 0.3 is 0 Å². The summed E-state index contributed by atoms with van der Waals surface area (Å²) in [6.07, 6.45) is 1.68. The molecule has 0 radical (unpaired) electrons. The molecule has 1 aliphatic heterocycles. The van der Waals surface area contributed by atoms with Crippen LogP contribution in [0.2, 0.25) is 0 Å². The number of likely N-dealkylation sites (N-methyl/N-ethyl adjacent to an activating group) is 1. The van der Waals surface area contributed by atoms with E-state index in [2.05, 4.69) is 16.0 Å². The molecule has 0 aromatic heterocycles. The average molecular weight is 482 g/mol. The quantitative estimate of drug-likeness (QED) is 0.304. The second kappa shape index (κ2) is 13.4. The molecule has 2 rings (SSSR count). The molecule has 0 aliphatic carbocycles. The van der Waals surface area contributed by atoms with E-state index < -0.39 is 23.1 Å². The van der Waals surface area contributed by atoms with Gasteiger partial charge in [-0.05, 0) is 25.1 Å². The molecular formula is C22H23N7O4S. The summed E-state index contributed by atoms with van der Waals surface area (Å²) in [6.45, 7) is 1.85. The second-order valence-electron chi connectivity index (χ2n) is 6.78. The second-order valence-corrected chi connectivity index (χ2v) is 7.94. The van der Waals surface area contributed by atoms with Crippen LogP contribution >= 0.6 is 11.8 Å². The van der Waals surface area contributed by atoms with E-state index in [4.69, 9.17) is 15.3 Å². The van der Waals surface area contributed by atoms with Crippen LogP contribution in [0.3, 0.4) is 0 Å². The van der Waals surface area contributed by atoms with Crippen molar-refractivity contribution in [2.75, 3.05) is 38.1 Å². The predicted octanol–water partition coefficient (Wildman–Crippen LogP) is 0.702. The number of hydrogen-bond acceptors (Lipinski definition) is 9. The lowest BCUT2D eigenvalue weighted by Gasteiger charge is -2.24. The third-order valence-electron chi connectivity index (χ3n) is 4.58. The van der Waals surface area contributed by atoms with Gasteiger partial charge in [0.15, 0.2) is 12.5 Å². The number of benzene rings is 1. The van der Waals surface area contributed by atoms with Gasteiger partial charge in [-0.15, -0.1) is 0 Å². The zero-order valence-electron chi connectivity index (χ0n) is 18.4. The topological polar surface area (TPSA) is 171 Å². The molecule has 1 fully saturated rings. The van der Waals surface area contributed by atoms with Crippen LogP contribution in [0.1, 0.15) is 6.92 Å². The van der Waals surface area contributed by atoms with E-state index in [1.807, 2.05) is 12.1 Å². The minimum Gasteiger partial charge on any atom is -0.484 e. The van der Waals surface area contributed by atoms with Crippen molar-refractivity contribution in [2.45, 2.75) is 12.3 Å². The fraction of sp³-hybridized carbons (Fsp3) is 0.364. The summed E-state index contributed by atoms with van der Waals surface area (Å²) < 4.78 is 5.40. The lowest BCUT2D eigenvalue weighted by Crippen LogP contribution is -2.43. The number of nitrogens with zero attached hydrogens (tertiary/aromatic N) is 4. The van der Waals surface area contributed by atoms with E-state index in [1.54, 1.807) is 43.3 Å². The highest BCUT2D eigenvalue weighted by atomic mass is 32.2. The summed E-state index contributed by atoms with van der Waals surface area (Å²) in [5.41, 5.74) is 0.692. The largest absolute Gasteiger partial charge is 0.484 e. The van der Waals surface area contributed by atoms with Gasteiger partial charge in [-0.3, -0.25) is 14.4 Å². The van der Waals surface area contributed by atoms with Crippen molar-refractivity contribution in [3.05, 3.63) is 35.2 Å². The summed E-state index contributed by atoms with van der Waals surface area (Å²) in [6, 6.07) is 12.4. The van der Waals surface area contributed by atoms with Crippen LogP contribution in [-0.4, -0.2) is 60.8 Å². The van der Waals surface area contributed by atoms with Crippen molar-refractivity contribution < 1.29 is 19.1 Å². The Kier molecular flexibility index (Phi) is 10.2. The molecule has 1 heterocycles. The first-order valence-electron chi connectivity index (χ1n) is 10.3. The van der Waals surface area contributed by atoms with Crippen molar-refractivity contribution in [3.63, 3.8) is 0 Å². The van der Waals surface area contributed by atoms with Crippen molar-refractivity contribution in [1.29, 1.82) is 15.8 Å². The zero-order chi connectivity index (χ0) is 24.9. The number of ether oxygens (including phenoxy) is 1. The molecule has 1 aromatic rings. The molecule has 3 amide bonds. The Morgan fingerprint density at radius 3 is 2.65 bits per heavy atom. The number of hydrogen-bond donors (Lipinski definition) is 3. The number of thioether (sulfide) groups is 1. The Morgan fingerprint density at radius 1 is 1.24 bits per heavy atom. The zero-order valence-corrected chi connectivity index (χ0v) is 19.2. The molecule has 2 atom stereocenters. The molecule has 12 heteroatoms. The molecular weight excluding hydrogens is 458 g/mol. The van der Waals surface area contributed by atoms with E-state index in [0.717, 1.165) is 11.8 Å². The lowest BCUT2D eigenvalue weighted by molar-refractivity contribution is -0.129. The van der Waals surface area contributed by atoms with Crippen LogP contribution < -0.4 is 20.7 Å². The van der Waals surface area contributed by atoms with Crippen LogP contribution in [0.25, 0.3) is 0 Å². The Morgan fingerprint density at radius 2 is 1.97 bits per heavy atom. The molecule has 0 saturated carbocycles. The molecule has 1 aliphatic rings. The Balaban J connectivity index is 1.99. The molecule has 1 aromatic carbocycles. The molecule has 34 heavy (non-hydrogen) atoms. The fourth-order valence-electron chi connectivity index (χ4n) is 2.99. The van der Waals surface area contributed by atoms with E-state index in [0.29, 0.717) is 29.4 Å². The maximum atomic E-state index is 12.8. The number of nitrogens with one attached hydrogen (secondary N) is 3. The number of nitriles is 3. The predicted molar refractivity (Wildman–Crippen MR) is 124 cm³/mol. The smallest absolute Gasteiger partial charge is 0.261 e. The van der Waals surface area contributed by atoms with Crippen LogP contribution in [0, 0.1) is 39.9 Å². The first-order chi connectivity index (χ1) is 16.4. The SMILES string of the molecule is CCN1C(=O)C(=CCNc2cccc(OCC(=O)NCC#N)c2)SC1C(C#N)C(=O)NCC#N. The van der Waals surface area contributed by atoms with Gasteiger partial charge in [-0.2, -0.15) is 15.8 Å². The van der Waals surface area contributed by atoms with Crippen LogP contribution in [0.15, 0.2) is 35.2 Å². The summed E-state index contributed by atoms with van der Waals surface area (Å²) in [4.78, 5) is 38.4. The molecule has 0 spiro atoms. The van der Waals surface area contributed by atoms with E-state index >= 15 is 0 Å². The number of anilines is 1. The molecule has 0 bridgehead atoms. The summed E-state index contributed by atoms with van der Waals surface area (Å²) in [7, 11) is 0. The Bertz CT molecular complexity index is 1070. The van der Waals surface area contributed by atoms with Crippen LogP contribution in [-0.2, 0) is 14.4 Å². The van der Waals surface area contributed by atoms with Gasteiger partial charge in [0.05, 0.1) is 23.1 Å². The summed E-state index contributed by atoms with van der Waals surface area (Å²) >= 11 is 1.14. The molecule has 11 nitrogen and oxygen atoms in total. The molecule has 176 valence electrons. The van der Waals surface area contributed by atoms with Gasteiger partial charge in [-0.25, -0.2) is 0 Å². The van der Waals surface area contributed by atoms with E-state index in [1.165, 1.54) is 4.90 Å². The van der Waals surface area contributed by atoms with Gasteiger partial charge < -0.3 is 25.6 Å². The highest BCUT2D eigenvalue weighted by Gasteiger charge is 2.42. The number of rotatable bonds is 11. The third-order valence-corrected chi connectivity index (χ3v) is 5.94. The van der Waals surface area contributed by atoms with Crippen molar-refractivity contribution in [1.82, 2.24) is 15.5 Å². The first kappa shape index (κ1) is 26.0. The van der Waals surface area contributed by atoms with Crippen LogP contribution in [0.4, 0.5) is 5.69 Å². The van der Waals surface area contributed by atoms with Gasteiger partial charge in [0.2, 0.25) is 5.91 Å². The van der Waals surface area contributed by atoms with Gasteiger partial charge in [0.1, 0.15) is 24.2 Å². The minimum absolute atomic E-state index is 0.0921. The van der Waals surface area contributed by atoms with Crippen molar-refractivity contribution in [2.24, 2.45) is 5.92 Å². The summed E-state index contributed by atoms with van der Waals surface area (Å²) in [5, 5.41) is 33.8. The van der Waals surface area contributed by atoms with E-state index in [-0.39, 0.29) is 25.6 Å². The van der Waals surface area contributed by atoms with Gasteiger partial charge in [-0.1, -0.05) is 17.8 Å². The fourth-order valence-corrected chi connectivity index (χ4v) is 4.34. The van der Waals surface area contributed by atoms with Crippen molar-refractivity contribution >= 4 is 35.2 Å². The normalized spacial score (nSPS) is 16.6. The standard InChI is InChI=1S/C22H23N7O4S/c1-2-29-21(32)18(34-22(29)17(13-25)20(31)28-11-8-24)6-9-26-15-4-3-5-16(12-15)33-14-19(30)27-10-7-23/h3-6,12,17,22,26H,2,9-11,14H2,1H3,(H,27,30)(H,28,31).